The van der Waals surface area contributed by atoms with Crippen molar-refractivity contribution >= 4 is 11.9 Å². The maximum Gasteiger partial charge on any atom is 0.328 e. The first kappa shape index (κ1) is 14.0. The first-order valence-electron chi connectivity index (χ1n) is 6.15. The van der Waals surface area contributed by atoms with Crippen molar-refractivity contribution in [3.63, 3.8) is 0 Å². The van der Waals surface area contributed by atoms with Gasteiger partial charge in [-0.3, -0.25) is 4.79 Å². The van der Waals surface area contributed by atoms with Gasteiger partial charge in [-0.1, -0.05) is 19.8 Å². The Balaban J connectivity index is 2.72. The van der Waals surface area contributed by atoms with Gasteiger partial charge in [0.1, 0.15) is 0 Å². The minimum atomic E-state index is -1.22. The lowest BCUT2D eigenvalue weighted by atomic mass is 9.82. The molecular weight excluding hydrogens is 222 g/mol. The van der Waals surface area contributed by atoms with E-state index in [1.54, 1.807) is 0 Å². The van der Waals surface area contributed by atoms with E-state index in [1.807, 2.05) is 6.92 Å². The van der Waals surface area contributed by atoms with Crippen molar-refractivity contribution in [1.29, 1.82) is 0 Å². The van der Waals surface area contributed by atoms with Crippen LogP contribution in [0.3, 0.4) is 0 Å². The van der Waals surface area contributed by atoms with Crippen LogP contribution in [-0.4, -0.2) is 34.2 Å². The molecule has 0 aromatic heterocycles. The minimum absolute atomic E-state index is 0.231. The summed E-state index contributed by atoms with van der Waals surface area (Å²) in [5, 5.41) is 20.7. The van der Waals surface area contributed by atoms with Crippen molar-refractivity contribution in [2.45, 2.75) is 58.1 Å². The molecule has 0 spiro atoms. The van der Waals surface area contributed by atoms with E-state index in [-0.39, 0.29) is 5.91 Å². The molecule has 0 aromatic carbocycles. The highest BCUT2D eigenvalue weighted by molar-refractivity contribution is 5.87. The largest absolute Gasteiger partial charge is 0.480 e. The highest BCUT2D eigenvalue weighted by Crippen LogP contribution is 2.41. The van der Waals surface area contributed by atoms with E-state index in [2.05, 4.69) is 5.32 Å². The second kappa shape index (κ2) is 5.49. The number of carbonyl (C=O) groups is 2. The number of aliphatic hydroxyl groups excluding tert-OH is 1. The van der Waals surface area contributed by atoms with E-state index in [0.717, 1.165) is 25.7 Å². The highest BCUT2D eigenvalue weighted by atomic mass is 16.4. The number of aliphatic carboxylic acids is 1. The van der Waals surface area contributed by atoms with Crippen LogP contribution >= 0.6 is 0 Å². The number of carboxylic acids is 1. The summed E-state index contributed by atoms with van der Waals surface area (Å²) in [7, 11) is 0. The zero-order valence-corrected chi connectivity index (χ0v) is 10.4. The van der Waals surface area contributed by atoms with Crippen LogP contribution in [0.1, 0.15) is 46.0 Å². The van der Waals surface area contributed by atoms with Gasteiger partial charge in [0.25, 0.3) is 0 Å². The van der Waals surface area contributed by atoms with E-state index in [9.17, 15) is 14.7 Å². The van der Waals surface area contributed by atoms with Crippen molar-refractivity contribution in [2.24, 2.45) is 5.41 Å². The minimum Gasteiger partial charge on any atom is -0.480 e. The molecule has 0 heterocycles. The van der Waals surface area contributed by atoms with Crippen molar-refractivity contribution in [3.05, 3.63) is 0 Å². The molecule has 17 heavy (non-hydrogen) atoms. The van der Waals surface area contributed by atoms with E-state index in [1.165, 1.54) is 6.92 Å². The van der Waals surface area contributed by atoms with Gasteiger partial charge in [0.15, 0.2) is 6.04 Å². The third-order valence-corrected chi connectivity index (χ3v) is 3.75. The molecule has 1 saturated carbocycles. The van der Waals surface area contributed by atoms with Crippen LogP contribution in [0.25, 0.3) is 0 Å². The molecule has 1 amide bonds. The number of carboxylic acid groups (broad SMARTS) is 1. The quantitative estimate of drug-likeness (QED) is 0.669. The van der Waals surface area contributed by atoms with Crippen LogP contribution in [0.4, 0.5) is 0 Å². The monoisotopic (exact) mass is 243 g/mol. The summed E-state index contributed by atoms with van der Waals surface area (Å²) in [6, 6.07) is -1.22. The van der Waals surface area contributed by atoms with Crippen LogP contribution < -0.4 is 5.32 Å². The molecule has 0 radical (unpaired) electrons. The number of rotatable bonds is 5. The zero-order chi connectivity index (χ0) is 13.1. The Kier molecular flexibility index (Phi) is 4.51. The molecule has 0 aromatic rings. The highest BCUT2D eigenvalue weighted by Gasteiger charge is 2.41. The van der Waals surface area contributed by atoms with Gasteiger partial charge < -0.3 is 15.5 Å². The molecule has 1 rings (SSSR count). The van der Waals surface area contributed by atoms with E-state index in [4.69, 9.17) is 5.11 Å². The summed E-state index contributed by atoms with van der Waals surface area (Å²) < 4.78 is 0. The van der Waals surface area contributed by atoms with Gasteiger partial charge in [-0.05, 0) is 26.2 Å². The fourth-order valence-electron chi connectivity index (χ4n) is 2.48. The molecule has 3 N–H and O–H groups in total. The SMILES string of the molecule is CCC1(C(=O)NC(C(=O)O)C(C)O)CCCC1. The number of hydrogen-bond donors (Lipinski definition) is 3. The zero-order valence-electron chi connectivity index (χ0n) is 10.4. The Morgan fingerprint density at radius 1 is 1.35 bits per heavy atom. The second-order valence-electron chi connectivity index (χ2n) is 4.87. The molecule has 0 bridgehead atoms. The normalized spacial score (nSPS) is 21.8. The van der Waals surface area contributed by atoms with Crippen LogP contribution in [0.2, 0.25) is 0 Å². The molecular formula is C12H21NO4. The number of nitrogens with one attached hydrogen (secondary N) is 1. The number of hydrogen-bond acceptors (Lipinski definition) is 3. The van der Waals surface area contributed by atoms with Crippen LogP contribution in [-0.2, 0) is 9.59 Å². The lowest BCUT2D eigenvalue weighted by Gasteiger charge is -2.28. The standard InChI is InChI=1S/C12H21NO4/c1-3-12(6-4-5-7-12)11(17)13-9(8(2)14)10(15)16/h8-9,14H,3-7H2,1-2H3,(H,13,17)(H,15,16). The van der Waals surface area contributed by atoms with Crippen molar-refractivity contribution < 1.29 is 19.8 Å². The van der Waals surface area contributed by atoms with E-state index >= 15 is 0 Å². The van der Waals surface area contributed by atoms with Gasteiger partial charge >= 0.3 is 5.97 Å². The Bertz CT molecular complexity index is 295. The Morgan fingerprint density at radius 2 is 1.88 bits per heavy atom. The van der Waals surface area contributed by atoms with Crippen molar-refractivity contribution in [3.8, 4) is 0 Å². The predicted molar refractivity (Wildman–Crippen MR) is 62.4 cm³/mol. The Labute approximate surface area is 101 Å². The first-order chi connectivity index (χ1) is 7.93. The smallest absolute Gasteiger partial charge is 0.328 e. The maximum absolute atomic E-state index is 12.1. The second-order valence-corrected chi connectivity index (χ2v) is 4.87. The molecule has 2 atom stereocenters. The third-order valence-electron chi connectivity index (χ3n) is 3.75. The average molecular weight is 243 g/mol. The molecule has 1 aliphatic carbocycles. The van der Waals surface area contributed by atoms with Crippen LogP contribution in [0.5, 0.6) is 0 Å². The maximum atomic E-state index is 12.1. The molecule has 1 fully saturated rings. The molecule has 0 saturated heterocycles. The molecule has 5 heteroatoms. The summed E-state index contributed by atoms with van der Waals surface area (Å²) in [5.41, 5.74) is -0.428. The predicted octanol–water partition coefficient (Wildman–Crippen LogP) is 0.907. The van der Waals surface area contributed by atoms with Crippen molar-refractivity contribution in [2.75, 3.05) is 0 Å². The number of carbonyl (C=O) groups excluding carboxylic acids is 1. The summed E-state index contributed by atoms with van der Waals surface area (Å²) in [4.78, 5) is 23.0. The van der Waals surface area contributed by atoms with Gasteiger partial charge in [0, 0.05) is 5.41 Å². The van der Waals surface area contributed by atoms with Crippen LogP contribution in [0.15, 0.2) is 0 Å². The van der Waals surface area contributed by atoms with E-state index in [0.29, 0.717) is 6.42 Å². The van der Waals surface area contributed by atoms with Gasteiger partial charge in [-0.2, -0.15) is 0 Å². The summed E-state index contributed by atoms with van der Waals surface area (Å²) in [6.45, 7) is 3.31. The molecule has 1 aliphatic rings. The van der Waals surface area contributed by atoms with Crippen LogP contribution in [0, 0.1) is 5.41 Å². The fraction of sp³-hybridized carbons (Fsp3) is 0.833. The summed E-state index contributed by atoms with van der Waals surface area (Å²) >= 11 is 0. The number of amides is 1. The van der Waals surface area contributed by atoms with Gasteiger partial charge in [0.05, 0.1) is 6.10 Å². The van der Waals surface area contributed by atoms with Crippen molar-refractivity contribution in [1.82, 2.24) is 5.32 Å². The molecule has 98 valence electrons. The molecule has 0 aliphatic heterocycles. The fourth-order valence-corrected chi connectivity index (χ4v) is 2.48. The Hall–Kier alpha value is -1.10. The topological polar surface area (TPSA) is 86.6 Å². The number of aliphatic hydroxyl groups is 1. The van der Waals surface area contributed by atoms with Gasteiger partial charge in [-0.25, -0.2) is 4.79 Å². The van der Waals surface area contributed by atoms with Gasteiger partial charge in [0.2, 0.25) is 5.91 Å². The lowest BCUT2D eigenvalue weighted by Crippen LogP contribution is -2.52. The molecule has 2 unspecified atom stereocenters. The summed E-state index contributed by atoms with van der Waals surface area (Å²) in [5.74, 6) is -1.43. The Morgan fingerprint density at radius 3 is 2.24 bits per heavy atom. The third kappa shape index (κ3) is 2.97. The lowest BCUT2D eigenvalue weighted by molar-refractivity contribution is -0.147. The summed E-state index contributed by atoms with van der Waals surface area (Å²) in [6.07, 6.45) is 3.25. The van der Waals surface area contributed by atoms with Gasteiger partial charge in [-0.15, -0.1) is 0 Å². The molecule has 5 nitrogen and oxygen atoms in total. The van der Waals surface area contributed by atoms with E-state index < -0.39 is 23.5 Å². The average Bonchev–Trinajstić information content (AvgIpc) is 2.74. The first-order valence-corrected chi connectivity index (χ1v) is 6.15.